The number of ether oxygens (including phenoxy) is 1. The molecular weight excluding hydrogens is 373 g/mol. The van der Waals surface area contributed by atoms with Crippen molar-refractivity contribution in [1.82, 2.24) is 4.98 Å². The summed E-state index contributed by atoms with van der Waals surface area (Å²) in [6.45, 7) is -1.07. The second-order valence-corrected chi connectivity index (χ2v) is 4.29. The maximum Gasteiger partial charge on any atom is 0.574 e. The van der Waals surface area contributed by atoms with Crippen LogP contribution < -0.4 is 4.74 Å². The van der Waals surface area contributed by atoms with Crippen molar-refractivity contribution in [3.8, 4) is 5.88 Å². The molecule has 4 nitrogen and oxygen atoms in total. The number of nitrogens with zero attached hydrogens (tertiary/aromatic N) is 1. The molecule has 0 saturated heterocycles. The molecule has 9 heteroatoms. The van der Waals surface area contributed by atoms with Gasteiger partial charge < -0.3 is 9.84 Å². The van der Waals surface area contributed by atoms with Crippen LogP contribution in [0.5, 0.6) is 5.88 Å². The molecule has 0 aliphatic heterocycles. The molecule has 0 spiro atoms. The minimum atomic E-state index is -5.02. The summed E-state index contributed by atoms with van der Waals surface area (Å²) >= 11 is 1.60. The number of pyridine rings is 1. The zero-order chi connectivity index (χ0) is 13.9. The van der Waals surface area contributed by atoms with E-state index in [1.807, 2.05) is 0 Å². The van der Waals surface area contributed by atoms with Crippen LogP contribution in [0.3, 0.4) is 0 Å². The number of hydrogen-bond acceptors (Lipinski definition) is 3. The number of aromatic nitrogens is 1. The number of alkyl halides is 4. The van der Waals surface area contributed by atoms with E-state index in [0.717, 1.165) is 0 Å². The highest BCUT2D eigenvalue weighted by Gasteiger charge is 2.34. The van der Waals surface area contributed by atoms with Crippen LogP contribution in [0.1, 0.15) is 11.3 Å². The fraction of sp³-hybridized carbons (Fsp3) is 0.333. The van der Waals surface area contributed by atoms with Gasteiger partial charge in [-0.25, -0.2) is 9.37 Å². The molecule has 100 valence electrons. The molecule has 0 unspecified atom stereocenters. The van der Waals surface area contributed by atoms with E-state index in [-0.39, 0.29) is 14.8 Å². The third-order valence-electron chi connectivity index (χ3n) is 1.76. The summed E-state index contributed by atoms with van der Waals surface area (Å²) in [6.07, 6.45) is -5.71. The van der Waals surface area contributed by atoms with Crippen LogP contribution in [0.2, 0.25) is 0 Å². The summed E-state index contributed by atoms with van der Waals surface area (Å²) < 4.78 is 52.5. The Morgan fingerprint density at radius 1 is 1.50 bits per heavy atom. The molecule has 0 aliphatic rings. The highest BCUT2D eigenvalue weighted by Crippen LogP contribution is 2.29. The maximum absolute atomic E-state index is 12.4. The van der Waals surface area contributed by atoms with Gasteiger partial charge in [0.25, 0.3) is 0 Å². The summed E-state index contributed by atoms with van der Waals surface area (Å²) in [5, 5.41) is 8.60. The van der Waals surface area contributed by atoms with Crippen molar-refractivity contribution >= 4 is 28.6 Å². The van der Waals surface area contributed by atoms with E-state index in [4.69, 9.17) is 5.11 Å². The Bertz CT molecular complexity index is 464. The Morgan fingerprint density at radius 2 is 2.11 bits per heavy atom. The first-order chi connectivity index (χ1) is 8.23. The van der Waals surface area contributed by atoms with Crippen LogP contribution in [0.25, 0.3) is 0 Å². The predicted octanol–water partition coefficient (Wildman–Crippen LogP) is 2.68. The molecule has 0 aromatic carbocycles. The molecule has 1 aromatic rings. The van der Waals surface area contributed by atoms with Crippen LogP contribution >= 0.6 is 22.6 Å². The highest BCUT2D eigenvalue weighted by atomic mass is 127. The van der Waals surface area contributed by atoms with E-state index in [2.05, 4.69) is 9.72 Å². The Balaban J connectivity index is 3.24. The molecular formula is C9H6F4INO3. The number of carboxylic acid groups (broad SMARTS) is 1. The van der Waals surface area contributed by atoms with Crippen LogP contribution in [0.15, 0.2) is 6.07 Å². The third-order valence-corrected chi connectivity index (χ3v) is 2.72. The first-order valence-electron chi connectivity index (χ1n) is 4.44. The lowest BCUT2D eigenvalue weighted by Gasteiger charge is -2.13. The first kappa shape index (κ1) is 14.9. The number of carboxylic acids is 1. The minimum absolute atomic E-state index is 0.150. The lowest BCUT2D eigenvalue weighted by molar-refractivity contribution is -0.276. The molecule has 1 rings (SSSR count). The molecule has 0 fully saturated rings. The lowest BCUT2D eigenvalue weighted by Crippen LogP contribution is -2.20. The maximum atomic E-state index is 12.4. The van der Waals surface area contributed by atoms with Crippen molar-refractivity contribution in [3.63, 3.8) is 0 Å². The molecule has 1 heterocycles. The largest absolute Gasteiger partial charge is 0.574 e. The van der Waals surface area contributed by atoms with Gasteiger partial charge in [0.05, 0.1) is 12.1 Å². The van der Waals surface area contributed by atoms with Crippen LogP contribution in [-0.2, 0) is 17.9 Å². The van der Waals surface area contributed by atoms with E-state index < -0.39 is 31.3 Å². The normalized spacial score (nSPS) is 11.4. The fourth-order valence-electron chi connectivity index (χ4n) is 1.14. The average molecular weight is 379 g/mol. The molecule has 1 N–H and O–H groups in total. The van der Waals surface area contributed by atoms with Crippen LogP contribution in [-0.4, -0.2) is 22.4 Å². The third kappa shape index (κ3) is 4.27. The summed E-state index contributed by atoms with van der Waals surface area (Å²) in [5.74, 6) is -2.26. The molecule has 0 atom stereocenters. The monoisotopic (exact) mass is 379 g/mol. The molecule has 0 radical (unpaired) electrons. The summed E-state index contributed by atoms with van der Waals surface area (Å²) in [5.41, 5.74) is -0.495. The number of halogens is 5. The summed E-state index contributed by atoms with van der Waals surface area (Å²) in [6, 6.07) is 1.17. The van der Waals surface area contributed by atoms with Gasteiger partial charge >= 0.3 is 12.3 Å². The van der Waals surface area contributed by atoms with Crippen molar-refractivity contribution in [3.05, 3.63) is 20.9 Å². The minimum Gasteiger partial charge on any atom is -0.481 e. The zero-order valence-electron chi connectivity index (χ0n) is 8.59. The molecule has 0 aliphatic carbocycles. The molecule has 0 saturated carbocycles. The van der Waals surface area contributed by atoms with Gasteiger partial charge in [-0.3, -0.25) is 4.79 Å². The van der Waals surface area contributed by atoms with Crippen molar-refractivity contribution < 1.29 is 32.2 Å². The van der Waals surface area contributed by atoms with Crippen molar-refractivity contribution in [2.75, 3.05) is 0 Å². The Kier molecular flexibility index (Phi) is 4.71. The quantitative estimate of drug-likeness (QED) is 0.646. The van der Waals surface area contributed by atoms with E-state index in [9.17, 15) is 22.4 Å². The van der Waals surface area contributed by atoms with Gasteiger partial charge in [-0.1, -0.05) is 0 Å². The van der Waals surface area contributed by atoms with Gasteiger partial charge in [0, 0.05) is 9.13 Å². The molecule has 18 heavy (non-hydrogen) atoms. The van der Waals surface area contributed by atoms with E-state index in [1.165, 1.54) is 6.07 Å². The number of aliphatic carboxylic acids is 1. The number of hydrogen-bond donors (Lipinski definition) is 1. The van der Waals surface area contributed by atoms with Gasteiger partial charge in [-0.15, -0.1) is 13.2 Å². The van der Waals surface area contributed by atoms with Gasteiger partial charge in [0.2, 0.25) is 5.88 Å². The van der Waals surface area contributed by atoms with E-state index in [0.29, 0.717) is 0 Å². The Hall–Kier alpha value is -1.13. The molecule has 0 bridgehead atoms. The van der Waals surface area contributed by atoms with Crippen molar-refractivity contribution in [2.24, 2.45) is 0 Å². The van der Waals surface area contributed by atoms with E-state index >= 15 is 0 Å². The lowest BCUT2D eigenvalue weighted by atomic mass is 10.2. The SMILES string of the molecule is O=C(O)Cc1c(I)cc(CF)nc1OC(F)(F)F. The Morgan fingerprint density at radius 3 is 2.56 bits per heavy atom. The summed E-state index contributed by atoms with van der Waals surface area (Å²) in [4.78, 5) is 13.9. The number of rotatable bonds is 4. The Labute approximate surface area is 112 Å². The van der Waals surface area contributed by atoms with Gasteiger partial charge in [-0.05, 0) is 28.7 Å². The van der Waals surface area contributed by atoms with Crippen LogP contribution in [0.4, 0.5) is 17.6 Å². The topological polar surface area (TPSA) is 59.4 Å². The highest BCUT2D eigenvalue weighted by molar-refractivity contribution is 14.1. The molecule has 0 amide bonds. The van der Waals surface area contributed by atoms with Gasteiger partial charge in [0.1, 0.15) is 6.67 Å². The van der Waals surface area contributed by atoms with Gasteiger partial charge in [-0.2, -0.15) is 0 Å². The van der Waals surface area contributed by atoms with E-state index in [1.54, 1.807) is 22.6 Å². The van der Waals surface area contributed by atoms with Crippen molar-refractivity contribution in [2.45, 2.75) is 19.5 Å². The number of carbonyl (C=O) groups is 1. The second kappa shape index (κ2) is 5.67. The second-order valence-electron chi connectivity index (χ2n) is 3.13. The average Bonchev–Trinajstić information content (AvgIpc) is 2.20. The first-order valence-corrected chi connectivity index (χ1v) is 5.52. The summed E-state index contributed by atoms with van der Waals surface area (Å²) in [7, 11) is 0. The van der Waals surface area contributed by atoms with Crippen LogP contribution in [0, 0.1) is 3.57 Å². The smallest absolute Gasteiger partial charge is 0.481 e. The molecule has 1 aromatic heterocycles. The standard InChI is InChI=1S/C9H6F4INO3/c10-3-4-1-6(14)5(2-7(16)17)8(15-4)18-9(11,12)13/h1H,2-3H2,(H,16,17). The van der Waals surface area contributed by atoms with Gasteiger partial charge in [0.15, 0.2) is 0 Å². The van der Waals surface area contributed by atoms with Crippen molar-refractivity contribution in [1.29, 1.82) is 0 Å². The predicted molar refractivity (Wildman–Crippen MR) is 59.8 cm³/mol. The zero-order valence-corrected chi connectivity index (χ0v) is 10.7. The fourth-order valence-corrected chi connectivity index (χ4v) is 1.92.